The Labute approximate surface area is 149 Å². The normalized spacial score (nSPS) is 10.2. The Morgan fingerprint density at radius 1 is 0.875 bits per heavy atom. The van der Waals surface area contributed by atoms with Gasteiger partial charge in [-0.05, 0) is 48.5 Å². The molecule has 0 fully saturated rings. The second-order valence-electron chi connectivity index (χ2n) is 4.88. The van der Waals surface area contributed by atoms with E-state index in [1.165, 1.54) is 0 Å². The summed E-state index contributed by atoms with van der Waals surface area (Å²) in [5.74, 6) is 0.498. The minimum atomic E-state index is -0.523. The van der Waals surface area contributed by atoms with Gasteiger partial charge in [0.2, 0.25) is 0 Å². The van der Waals surface area contributed by atoms with Crippen LogP contribution in [0, 0.1) is 0 Å². The van der Waals surface area contributed by atoms with Crippen LogP contribution in [0.25, 0.3) is 0 Å². The molecule has 0 bridgehead atoms. The number of benzene rings is 3. The van der Waals surface area contributed by atoms with Gasteiger partial charge in [-0.2, -0.15) is 0 Å². The van der Waals surface area contributed by atoms with Crippen LogP contribution in [0.2, 0.25) is 5.02 Å². The Bertz CT molecular complexity index is 822. The van der Waals surface area contributed by atoms with Crippen molar-refractivity contribution in [3.63, 3.8) is 0 Å². The van der Waals surface area contributed by atoms with Crippen molar-refractivity contribution in [3.8, 4) is 5.75 Å². The first-order valence-electron chi connectivity index (χ1n) is 7.27. The van der Waals surface area contributed by atoms with E-state index < -0.39 is 6.09 Å². The lowest BCUT2D eigenvalue weighted by molar-refractivity contribution is 0.215. The molecule has 0 saturated heterocycles. The summed E-state index contributed by atoms with van der Waals surface area (Å²) in [5, 5.41) is 3.47. The third-order valence-electron chi connectivity index (χ3n) is 3.12. The van der Waals surface area contributed by atoms with Crippen molar-refractivity contribution in [2.75, 3.05) is 5.32 Å². The molecule has 3 aromatic carbocycles. The van der Waals surface area contributed by atoms with E-state index in [9.17, 15) is 4.79 Å². The maximum absolute atomic E-state index is 12.1. The molecule has 3 aromatic rings. The number of nitrogens with one attached hydrogen (secondary N) is 1. The summed E-state index contributed by atoms with van der Waals surface area (Å²) < 4.78 is 5.26. The first-order chi connectivity index (χ1) is 11.7. The van der Waals surface area contributed by atoms with Crippen LogP contribution in [-0.4, -0.2) is 6.09 Å². The molecule has 3 rings (SSSR count). The van der Waals surface area contributed by atoms with Crippen LogP contribution < -0.4 is 10.1 Å². The zero-order chi connectivity index (χ0) is 16.8. The number of para-hydroxylation sites is 2. The average molecular weight is 356 g/mol. The van der Waals surface area contributed by atoms with E-state index in [1.54, 1.807) is 23.9 Å². The molecule has 0 atom stereocenters. The Hall–Kier alpha value is -2.43. The molecule has 1 amide bonds. The molecule has 0 aliphatic rings. The lowest BCUT2D eigenvalue weighted by atomic mass is 10.3. The van der Waals surface area contributed by atoms with E-state index in [4.69, 9.17) is 16.3 Å². The maximum Gasteiger partial charge on any atom is 0.417 e. The maximum atomic E-state index is 12.1. The van der Waals surface area contributed by atoms with E-state index in [1.807, 2.05) is 66.7 Å². The van der Waals surface area contributed by atoms with Gasteiger partial charge >= 0.3 is 6.09 Å². The second-order valence-corrected chi connectivity index (χ2v) is 6.43. The zero-order valence-electron chi connectivity index (χ0n) is 12.6. The van der Waals surface area contributed by atoms with Gasteiger partial charge in [0.15, 0.2) is 0 Å². The third-order valence-corrected chi connectivity index (χ3v) is 4.45. The largest absolute Gasteiger partial charge is 0.417 e. The minimum absolute atomic E-state index is 0.498. The Balaban J connectivity index is 1.71. The fourth-order valence-corrected chi connectivity index (χ4v) is 3.05. The topological polar surface area (TPSA) is 38.3 Å². The van der Waals surface area contributed by atoms with Crippen LogP contribution in [0.3, 0.4) is 0 Å². The van der Waals surface area contributed by atoms with Gasteiger partial charge in [-0.25, -0.2) is 4.79 Å². The van der Waals surface area contributed by atoms with Crippen LogP contribution in [0.1, 0.15) is 0 Å². The van der Waals surface area contributed by atoms with Gasteiger partial charge in [-0.3, -0.25) is 5.32 Å². The highest BCUT2D eigenvalue weighted by molar-refractivity contribution is 7.99. The number of amides is 1. The number of carbonyl (C=O) groups excluding carboxylic acids is 1. The van der Waals surface area contributed by atoms with E-state index in [0.29, 0.717) is 16.5 Å². The molecule has 5 heteroatoms. The number of carbonyl (C=O) groups is 1. The summed E-state index contributed by atoms with van der Waals surface area (Å²) in [6.45, 7) is 0. The van der Waals surface area contributed by atoms with E-state index in [-0.39, 0.29) is 0 Å². The molecule has 0 heterocycles. The van der Waals surface area contributed by atoms with Gasteiger partial charge in [0, 0.05) is 14.8 Å². The number of hydrogen-bond donors (Lipinski definition) is 1. The first kappa shape index (κ1) is 16.4. The van der Waals surface area contributed by atoms with Crippen LogP contribution in [0.5, 0.6) is 5.75 Å². The summed E-state index contributed by atoms with van der Waals surface area (Å²) in [7, 11) is 0. The molecule has 0 aromatic heterocycles. The molecular weight excluding hydrogens is 342 g/mol. The van der Waals surface area contributed by atoms with Crippen molar-refractivity contribution in [2.45, 2.75) is 9.79 Å². The van der Waals surface area contributed by atoms with E-state index >= 15 is 0 Å². The number of hydrogen-bond acceptors (Lipinski definition) is 3. The van der Waals surface area contributed by atoms with E-state index in [0.717, 1.165) is 9.79 Å². The third kappa shape index (κ3) is 4.54. The highest BCUT2D eigenvalue weighted by Crippen LogP contribution is 2.34. The van der Waals surface area contributed by atoms with Crippen molar-refractivity contribution < 1.29 is 9.53 Å². The summed E-state index contributed by atoms with van der Waals surface area (Å²) in [6, 6.07) is 24.1. The molecule has 0 unspecified atom stereocenters. The molecular formula is C19H14ClNO2S. The molecule has 0 aliphatic heterocycles. The van der Waals surface area contributed by atoms with Crippen molar-refractivity contribution >= 4 is 35.1 Å². The average Bonchev–Trinajstić information content (AvgIpc) is 2.59. The molecule has 3 nitrogen and oxygen atoms in total. The standard InChI is InChI=1S/C19H14ClNO2S/c20-14-10-12-16(13-11-14)24-18-9-5-4-8-17(18)21-19(22)23-15-6-2-1-3-7-15/h1-13H,(H,21,22). The van der Waals surface area contributed by atoms with Gasteiger partial charge in [0.05, 0.1) is 5.69 Å². The van der Waals surface area contributed by atoms with Gasteiger partial charge in [0.25, 0.3) is 0 Å². The fourth-order valence-electron chi connectivity index (χ4n) is 2.02. The van der Waals surface area contributed by atoms with Crippen molar-refractivity contribution in [1.29, 1.82) is 0 Å². The highest BCUT2D eigenvalue weighted by atomic mass is 35.5. The SMILES string of the molecule is O=C(Nc1ccccc1Sc1ccc(Cl)cc1)Oc1ccccc1. The van der Waals surface area contributed by atoms with Crippen LogP contribution in [-0.2, 0) is 0 Å². The molecule has 0 spiro atoms. The van der Waals surface area contributed by atoms with Crippen molar-refractivity contribution in [1.82, 2.24) is 0 Å². The van der Waals surface area contributed by atoms with Crippen LogP contribution >= 0.6 is 23.4 Å². The van der Waals surface area contributed by atoms with Crippen molar-refractivity contribution in [3.05, 3.63) is 83.9 Å². The summed E-state index contributed by atoms with van der Waals surface area (Å²) >= 11 is 7.45. The van der Waals surface area contributed by atoms with Crippen molar-refractivity contribution in [2.24, 2.45) is 0 Å². The monoisotopic (exact) mass is 355 g/mol. The molecule has 0 saturated carbocycles. The first-order valence-corrected chi connectivity index (χ1v) is 8.46. The van der Waals surface area contributed by atoms with Gasteiger partial charge in [-0.1, -0.05) is 53.7 Å². The van der Waals surface area contributed by atoms with Crippen LogP contribution in [0.4, 0.5) is 10.5 Å². The molecule has 0 radical (unpaired) electrons. The molecule has 0 aliphatic carbocycles. The zero-order valence-corrected chi connectivity index (χ0v) is 14.2. The highest BCUT2D eigenvalue weighted by Gasteiger charge is 2.09. The molecule has 1 N–H and O–H groups in total. The predicted molar refractivity (Wildman–Crippen MR) is 98.1 cm³/mol. The lowest BCUT2D eigenvalue weighted by Crippen LogP contribution is -2.17. The number of rotatable bonds is 4. The predicted octanol–water partition coefficient (Wildman–Crippen LogP) is 6.10. The minimum Gasteiger partial charge on any atom is -0.410 e. The van der Waals surface area contributed by atoms with Crippen LogP contribution in [0.15, 0.2) is 88.7 Å². The number of anilines is 1. The second kappa shape index (κ2) is 7.90. The summed E-state index contributed by atoms with van der Waals surface area (Å²) in [4.78, 5) is 14.0. The summed E-state index contributed by atoms with van der Waals surface area (Å²) in [6.07, 6.45) is -0.523. The Morgan fingerprint density at radius 3 is 2.29 bits per heavy atom. The van der Waals surface area contributed by atoms with E-state index in [2.05, 4.69) is 5.32 Å². The fraction of sp³-hybridized carbons (Fsp3) is 0. The number of ether oxygens (including phenoxy) is 1. The Kier molecular flexibility index (Phi) is 5.41. The Morgan fingerprint density at radius 2 is 1.54 bits per heavy atom. The lowest BCUT2D eigenvalue weighted by Gasteiger charge is -2.11. The van der Waals surface area contributed by atoms with Gasteiger partial charge in [0.1, 0.15) is 5.75 Å². The van der Waals surface area contributed by atoms with Gasteiger partial charge in [-0.15, -0.1) is 0 Å². The van der Waals surface area contributed by atoms with Gasteiger partial charge < -0.3 is 4.74 Å². The smallest absolute Gasteiger partial charge is 0.410 e. The summed E-state index contributed by atoms with van der Waals surface area (Å²) in [5.41, 5.74) is 0.693. The molecule has 120 valence electrons. The number of halogens is 1. The molecule has 24 heavy (non-hydrogen) atoms. The quantitative estimate of drug-likeness (QED) is 0.614.